The van der Waals surface area contributed by atoms with Gasteiger partial charge in [0.1, 0.15) is 12.4 Å². The van der Waals surface area contributed by atoms with E-state index < -0.39 is 0 Å². The van der Waals surface area contributed by atoms with Crippen molar-refractivity contribution in [3.63, 3.8) is 0 Å². The van der Waals surface area contributed by atoms with Gasteiger partial charge in [0.05, 0.1) is 12.4 Å². The molecule has 0 aliphatic rings. The Hall–Kier alpha value is -1.71. The number of amidine groups is 1. The van der Waals surface area contributed by atoms with Crippen molar-refractivity contribution in [2.24, 2.45) is 10.7 Å². The van der Waals surface area contributed by atoms with Crippen LogP contribution in [-0.2, 0) is 6.42 Å². The maximum absolute atomic E-state index is 5.89. The molecule has 0 unspecified atom stereocenters. The van der Waals surface area contributed by atoms with E-state index in [0.29, 0.717) is 35.5 Å². The minimum atomic E-state index is 0.460. The zero-order valence-corrected chi connectivity index (χ0v) is 12.9. The van der Waals surface area contributed by atoms with Crippen LogP contribution < -0.4 is 10.5 Å². The van der Waals surface area contributed by atoms with Crippen molar-refractivity contribution in [3.05, 3.63) is 64.1 Å². The van der Waals surface area contributed by atoms with Gasteiger partial charge in [-0.2, -0.15) is 0 Å². The fourth-order valence-electron chi connectivity index (χ4n) is 1.78. The molecule has 2 N–H and O–H groups in total. The van der Waals surface area contributed by atoms with Gasteiger partial charge >= 0.3 is 0 Å². The lowest BCUT2D eigenvalue weighted by Crippen LogP contribution is -2.17. The zero-order chi connectivity index (χ0) is 15.1. The Balaban J connectivity index is 1.77. The average Bonchev–Trinajstić information content (AvgIpc) is 2.46. The van der Waals surface area contributed by atoms with E-state index in [1.807, 2.05) is 36.4 Å². The van der Waals surface area contributed by atoms with Gasteiger partial charge < -0.3 is 10.5 Å². The SMILES string of the molecule is NC(Cc1ccc(Cl)cc1)=NCCOc1cccc(Cl)c1. The summed E-state index contributed by atoms with van der Waals surface area (Å²) in [4.78, 5) is 4.28. The Labute approximate surface area is 134 Å². The molecular weight excluding hydrogens is 307 g/mol. The Kier molecular flexibility index (Phi) is 5.90. The number of halogens is 2. The fraction of sp³-hybridized carbons (Fsp3) is 0.188. The molecule has 2 rings (SSSR count). The first-order valence-corrected chi connectivity index (χ1v) is 7.31. The van der Waals surface area contributed by atoms with Crippen LogP contribution in [0.25, 0.3) is 0 Å². The quantitative estimate of drug-likeness (QED) is 0.497. The molecule has 5 heteroatoms. The second-order valence-electron chi connectivity index (χ2n) is 4.48. The third kappa shape index (κ3) is 5.66. The largest absolute Gasteiger partial charge is 0.492 e. The third-order valence-corrected chi connectivity index (χ3v) is 3.26. The van der Waals surface area contributed by atoms with Crippen molar-refractivity contribution >= 4 is 29.0 Å². The molecule has 110 valence electrons. The molecule has 0 aliphatic carbocycles. The summed E-state index contributed by atoms with van der Waals surface area (Å²) in [7, 11) is 0. The van der Waals surface area contributed by atoms with Crippen LogP contribution in [0.2, 0.25) is 10.0 Å². The summed E-state index contributed by atoms with van der Waals surface area (Å²) in [6, 6.07) is 14.8. The Morgan fingerprint density at radius 1 is 1.05 bits per heavy atom. The second-order valence-corrected chi connectivity index (χ2v) is 5.36. The highest BCUT2D eigenvalue weighted by Gasteiger charge is 1.98. The van der Waals surface area contributed by atoms with Crippen molar-refractivity contribution in [2.75, 3.05) is 13.2 Å². The summed E-state index contributed by atoms with van der Waals surface area (Å²) < 4.78 is 5.54. The highest BCUT2D eigenvalue weighted by molar-refractivity contribution is 6.30. The predicted octanol–water partition coefficient (Wildman–Crippen LogP) is 3.97. The van der Waals surface area contributed by atoms with E-state index in [0.717, 1.165) is 11.3 Å². The molecule has 0 radical (unpaired) electrons. The standard InChI is InChI=1S/C16H16Cl2N2O/c17-13-6-4-12(5-7-13)10-16(19)20-8-9-21-15-3-1-2-14(18)11-15/h1-7,11H,8-10H2,(H2,19,20). The number of aliphatic imine (C=N–C) groups is 1. The fourth-order valence-corrected chi connectivity index (χ4v) is 2.08. The molecule has 0 aliphatic heterocycles. The van der Waals surface area contributed by atoms with Crippen LogP contribution in [0.1, 0.15) is 5.56 Å². The lowest BCUT2D eigenvalue weighted by atomic mass is 10.1. The van der Waals surface area contributed by atoms with Crippen LogP contribution in [0.4, 0.5) is 0 Å². The molecule has 21 heavy (non-hydrogen) atoms. The van der Waals surface area contributed by atoms with Crippen LogP contribution >= 0.6 is 23.2 Å². The molecule has 0 atom stereocenters. The first-order chi connectivity index (χ1) is 10.1. The maximum Gasteiger partial charge on any atom is 0.120 e. The number of nitrogens with zero attached hydrogens (tertiary/aromatic N) is 1. The maximum atomic E-state index is 5.89. The third-order valence-electron chi connectivity index (χ3n) is 2.77. The average molecular weight is 323 g/mol. The lowest BCUT2D eigenvalue weighted by Gasteiger charge is -2.05. The van der Waals surface area contributed by atoms with E-state index in [2.05, 4.69) is 4.99 Å². The molecule has 0 saturated carbocycles. The van der Waals surface area contributed by atoms with Gasteiger partial charge in [0.25, 0.3) is 0 Å². The van der Waals surface area contributed by atoms with Crippen molar-refractivity contribution < 1.29 is 4.74 Å². The monoisotopic (exact) mass is 322 g/mol. The molecule has 2 aromatic carbocycles. The molecule has 2 aromatic rings. The normalized spacial score (nSPS) is 11.4. The highest BCUT2D eigenvalue weighted by Crippen LogP contribution is 2.16. The van der Waals surface area contributed by atoms with Gasteiger partial charge in [0.15, 0.2) is 0 Å². The zero-order valence-electron chi connectivity index (χ0n) is 11.4. The molecule has 0 spiro atoms. The Bertz CT molecular complexity index is 612. The van der Waals surface area contributed by atoms with E-state index >= 15 is 0 Å². The van der Waals surface area contributed by atoms with E-state index in [9.17, 15) is 0 Å². The van der Waals surface area contributed by atoms with Gasteiger partial charge in [0, 0.05) is 16.5 Å². The minimum absolute atomic E-state index is 0.460. The van der Waals surface area contributed by atoms with Crippen molar-refractivity contribution in [1.82, 2.24) is 0 Å². The number of ether oxygens (including phenoxy) is 1. The van der Waals surface area contributed by atoms with Crippen LogP contribution in [0, 0.1) is 0 Å². The first kappa shape index (κ1) is 15.7. The van der Waals surface area contributed by atoms with E-state index in [1.165, 1.54) is 0 Å². The summed E-state index contributed by atoms with van der Waals surface area (Å²) in [5.74, 6) is 1.31. The lowest BCUT2D eigenvalue weighted by molar-refractivity contribution is 0.328. The molecule has 0 heterocycles. The van der Waals surface area contributed by atoms with Gasteiger partial charge in [-0.05, 0) is 35.9 Å². The van der Waals surface area contributed by atoms with Gasteiger partial charge in [-0.3, -0.25) is 4.99 Å². The molecule has 0 amide bonds. The molecule has 0 saturated heterocycles. The molecule has 0 aromatic heterocycles. The van der Waals surface area contributed by atoms with Gasteiger partial charge in [-0.15, -0.1) is 0 Å². The predicted molar refractivity (Wildman–Crippen MR) is 88.6 cm³/mol. The number of rotatable bonds is 6. The molecule has 0 bridgehead atoms. The summed E-state index contributed by atoms with van der Waals surface area (Å²) in [5.41, 5.74) is 6.97. The van der Waals surface area contributed by atoms with Crippen molar-refractivity contribution in [1.29, 1.82) is 0 Å². The summed E-state index contributed by atoms with van der Waals surface area (Å²) in [5, 5.41) is 1.36. The van der Waals surface area contributed by atoms with Crippen LogP contribution in [0.3, 0.4) is 0 Å². The summed E-state index contributed by atoms with van der Waals surface area (Å²) >= 11 is 11.7. The van der Waals surface area contributed by atoms with E-state index in [1.54, 1.807) is 12.1 Å². The number of nitrogens with two attached hydrogens (primary N) is 1. The van der Waals surface area contributed by atoms with Crippen LogP contribution in [0.15, 0.2) is 53.5 Å². The smallest absolute Gasteiger partial charge is 0.120 e. The Morgan fingerprint density at radius 2 is 1.81 bits per heavy atom. The summed E-state index contributed by atoms with van der Waals surface area (Å²) in [6.07, 6.45) is 0.605. The van der Waals surface area contributed by atoms with Gasteiger partial charge in [-0.25, -0.2) is 0 Å². The Morgan fingerprint density at radius 3 is 2.52 bits per heavy atom. The van der Waals surface area contributed by atoms with Gasteiger partial charge in [-0.1, -0.05) is 41.4 Å². The molecule has 3 nitrogen and oxygen atoms in total. The minimum Gasteiger partial charge on any atom is -0.492 e. The number of hydrogen-bond donors (Lipinski definition) is 1. The van der Waals surface area contributed by atoms with E-state index in [4.69, 9.17) is 33.7 Å². The highest BCUT2D eigenvalue weighted by atomic mass is 35.5. The molecular formula is C16H16Cl2N2O. The van der Waals surface area contributed by atoms with Crippen LogP contribution in [-0.4, -0.2) is 19.0 Å². The van der Waals surface area contributed by atoms with Crippen LogP contribution in [0.5, 0.6) is 5.75 Å². The summed E-state index contributed by atoms with van der Waals surface area (Å²) in [6.45, 7) is 0.966. The number of hydrogen-bond acceptors (Lipinski definition) is 2. The van der Waals surface area contributed by atoms with Gasteiger partial charge in [0.2, 0.25) is 0 Å². The second kappa shape index (κ2) is 7.91. The topological polar surface area (TPSA) is 47.6 Å². The first-order valence-electron chi connectivity index (χ1n) is 6.55. The van der Waals surface area contributed by atoms with E-state index in [-0.39, 0.29) is 0 Å². The molecule has 0 fully saturated rings. The van der Waals surface area contributed by atoms with Crippen molar-refractivity contribution in [2.45, 2.75) is 6.42 Å². The number of benzene rings is 2. The van der Waals surface area contributed by atoms with Crippen molar-refractivity contribution in [3.8, 4) is 5.75 Å².